The highest BCUT2D eigenvalue weighted by Crippen LogP contribution is 2.37. The number of benzene rings is 2. The standard InChI is InChI=1S/C23H19N3O5S/c1-15-8-10-19(30-2)21-22(15)32-23(24-21)25(14-18-7-4-12-31-18)20(27)11-9-16-5-3-6-17(13-16)26(28)29/h3-13H,14H2,1-2H3/b11-9+. The van der Waals surface area contributed by atoms with Gasteiger partial charge in [-0.3, -0.25) is 19.8 Å². The number of nitro benzene ring substituents is 1. The van der Waals surface area contributed by atoms with E-state index in [1.165, 1.54) is 34.4 Å². The Balaban J connectivity index is 1.70. The van der Waals surface area contributed by atoms with Crippen molar-refractivity contribution >= 4 is 44.4 Å². The van der Waals surface area contributed by atoms with Crippen molar-refractivity contribution in [1.82, 2.24) is 4.98 Å². The lowest BCUT2D eigenvalue weighted by Crippen LogP contribution is -2.28. The van der Waals surface area contributed by atoms with E-state index in [1.807, 2.05) is 19.1 Å². The van der Waals surface area contributed by atoms with E-state index in [2.05, 4.69) is 4.98 Å². The van der Waals surface area contributed by atoms with Crippen LogP contribution in [-0.2, 0) is 11.3 Å². The first-order chi connectivity index (χ1) is 15.5. The summed E-state index contributed by atoms with van der Waals surface area (Å²) in [5, 5.41) is 11.5. The summed E-state index contributed by atoms with van der Waals surface area (Å²) in [6.45, 7) is 2.16. The van der Waals surface area contributed by atoms with E-state index in [4.69, 9.17) is 9.15 Å². The molecule has 0 spiro atoms. The van der Waals surface area contributed by atoms with Crippen LogP contribution < -0.4 is 9.64 Å². The molecule has 0 atom stereocenters. The molecule has 0 bridgehead atoms. The molecule has 2 aromatic carbocycles. The second-order valence-electron chi connectivity index (χ2n) is 6.95. The van der Waals surface area contributed by atoms with E-state index >= 15 is 0 Å². The zero-order valence-corrected chi connectivity index (χ0v) is 18.2. The van der Waals surface area contributed by atoms with Gasteiger partial charge in [0.25, 0.3) is 11.6 Å². The number of nitro groups is 1. The van der Waals surface area contributed by atoms with Gasteiger partial charge >= 0.3 is 0 Å². The van der Waals surface area contributed by atoms with Gasteiger partial charge in [0.1, 0.15) is 17.0 Å². The molecular weight excluding hydrogens is 430 g/mol. The summed E-state index contributed by atoms with van der Waals surface area (Å²) in [5.41, 5.74) is 2.22. The lowest BCUT2D eigenvalue weighted by molar-refractivity contribution is -0.384. The minimum atomic E-state index is -0.473. The van der Waals surface area contributed by atoms with Crippen molar-refractivity contribution < 1.29 is 18.9 Å². The number of carbonyl (C=O) groups is 1. The number of aromatic nitrogens is 1. The number of thiazole rings is 1. The maximum absolute atomic E-state index is 13.2. The van der Waals surface area contributed by atoms with Gasteiger partial charge in [-0.1, -0.05) is 29.5 Å². The van der Waals surface area contributed by atoms with Gasteiger partial charge in [-0.15, -0.1) is 0 Å². The Morgan fingerprint density at radius 1 is 1.28 bits per heavy atom. The van der Waals surface area contributed by atoms with E-state index in [1.54, 1.807) is 43.7 Å². The first-order valence-corrected chi connectivity index (χ1v) is 10.5. The van der Waals surface area contributed by atoms with Crippen LogP contribution >= 0.6 is 11.3 Å². The van der Waals surface area contributed by atoms with Crippen LogP contribution in [0.3, 0.4) is 0 Å². The molecule has 0 aliphatic carbocycles. The third-order valence-corrected chi connectivity index (χ3v) is 6.02. The fourth-order valence-corrected chi connectivity index (χ4v) is 4.23. The number of methoxy groups -OCH3 is 1. The summed E-state index contributed by atoms with van der Waals surface area (Å²) in [7, 11) is 1.58. The molecule has 8 nitrogen and oxygen atoms in total. The molecule has 0 aliphatic rings. The highest BCUT2D eigenvalue weighted by atomic mass is 32.1. The van der Waals surface area contributed by atoms with Crippen LogP contribution in [0.25, 0.3) is 16.3 Å². The number of aryl methyl sites for hydroxylation is 1. The second-order valence-corrected chi connectivity index (χ2v) is 7.93. The van der Waals surface area contributed by atoms with Gasteiger partial charge in [0.05, 0.1) is 29.5 Å². The number of nitrogens with zero attached hydrogens (tertiary/aromatic N) is 3. The fraction of sp³-hybridized carbons (Fsp3) is 0.130. The number of ether oxygens (including phenoxy) is 1. The lowest BCUT2D eigenvalue weighted by Gasteiger charge is -2.16. The third kappa shape index (κ3) is 4.37. The summed E-state index contributed by atoms with van der Waals surface area (Å²) >= 11 is 1.39. The summed E-state index contributed by atoms with van der Waals surface area (Å²) in [6.07, 6.45) is 4.46. The minimum absolute atomic E-state index is 0.0409. The third-order valence-electron chi connectivity index (χ3n) is 4.80. The quantitative estimate of drug-likeness (QED) is 0.214. The summed E-state index contributed by atoms with van der Waals surface area (Å²) in [6, 6.07) is 13.4. The van der Waals surface area contributed by atoms with Crippen LogP contribution in [0.1, 0.15) is 16.9 Å². The van der Waals surface area contributed by atoms with Crippen molar-refractivity contribution in [2.75, 3.05) is 12.0 Å². The minimum Gasteiger partial charge on any atom is -0.494 e. The molecule has 9 heteroatoms. The molecule has 2 heterocycles. The number of rotatable bonds is 7. The average Bonchev–Trinajstić information content (AvgIpc) is 3.47. The Hall–Kier alpha value is -3.98. The second kappa shape index (κ2) is 9.03. The Morgan fingerprint density at radius 2 is 2.12 bits per heavy atom. The molecule has 0 saturated heterocycles. The smallest absolute Gasteiger partial charge is 0.270 e. The Bertz CT molecular complexity index is 1310. The summed E-state index contributed by atoms with van der Waals surface area (Å²) in [4.78, 5) is 29.9. The molecule has 0 fully saturated rings. The highest BCUT2D eigenvalue weighted by molar-refractivity contribution is 7.22. The summed E-state index contributed by atoms with van der Waals surface area (Å²) in [5.74, 6) is 0.902. The van der Waals surface area contributed by atoms with Crippen molar-refractivity contribution in [3.63, 3.8) is 0 Å². The van der Waals surface area contributed by atoms with Crippen molar-refractivity contribution in [3.8, 4) is 5.75 Å². The molecule has 0 unspecified atom stereocenters. The molecule has 4 rings (SSSR count). The number of hydrogen-bond donors (Lipinski definition) is 0. The number of carbonyl (C=O) groups excluding carboxylic acids is 1. The van der Waals surface area contributed by atoms with Crippen molar-refractivity contribution in [3.05, 3.63) is 87.9 Å². The molecular formula is C23H19N3O5S. The van der Waals surface area contributed by atoms with Gasteiger partial charge in [-0.05, 0) is 42.3 Å². The normalized spacial score (nSPS) is 11.2. The van der Waals surface area contributed by atoms with Gasteiger partial charge in [0.2, 0.25) is 0 Å². The van der Waals surface area contributed by atoms with Gasteiger partial charge in [-0.2, -0.15) is 0 Å². The molecule has 32 heavy (non-hydrogen) atoms. The summed E-state index contributed by atoms with van der Waals surface area (Å²) < 4.78 is 11.8. The highest BCUT2D eigenvalue weighted by Gasteiger charge is 2.21. The van der Waals surface area contributed by atoms with E-state index in [9.17, 15) is 14.9 Å². The van der Waals surface area contributed by atoms with Crippen molar-refractivity contribution in [1.29, 1.82) is 0 Å². The lowest BCUT2D eigenvalue weighted by atomic mass is 10.2. The maximum Gasteiger partial charge on any atom is 0.270 e. The molecule has 1 amide bonds. The molecule has 0 radical (unpaired) electrons. The molecule has 162 valence electrons. The van der Waals surface area contributed by atoms with Crippen LogP contribution in [0.2, 0.25) is 0 Å². The molecule has 0 N–H and O–H groups in total. The number of hydrogen-bond acceptors (Lipinski definition) is 7. The van der Waals surface area contributed by atoms with Crippen LogP contribution in [0.15, 0.2) is 65.3 Å². The fourth-order valence-electron chi connectivity index (χ4n) is 3.18. The van der Waals surface area contributed by atoms with Gasteiger partial charge in [0, 0.05) is 18.2 Å². The largest absolute Gasteiger partial charge is 0.494 e. The van der Waals surface area contributed by atoms with E-state index in [0.717, 1.165) is 10.3 Å². The Morgan fingerprint density at radius 3 is 2.84 bits per heavy atom. The predicted octanol–water partition coefficient (Wildman–Crippen LogP) is 5.36. The monoisotopic (exact) mass is 449 g/mol. The maximum atomic E-state index is 13.2. The Kier molecular flexibility index (Phi) is 6.00. The van der Waals surface area contributed by atoms with Gasteiger partial charge < -0.3 is 9.15 Å². The van der Waals surface area contributed by atoms with E-state index in [-0.39, 0.29) is 18.1 Å². The van der Waals surface area contributed by atoms with Crippen molar-refractivity contribution in [2.45, 2.75) is 13.5 Å². The number of anilines is 1. The first-order valence-electron chi connectivity index (χ1n) is 9.67. The predicted molar refractivity (Wildman–Crippen MR) is 123 cm³/mol. The number of non-ortho nitro benzene ring substituents is 1. The first kappa shape index (κ1) is 21.3. The molecule has 0 aliphatic heterocycles. The topological polar surface area (TPSA) is 98.7 Å². The molecule has 4 aromatic rings. The Labute approximate surface area is 187 Å². The van der Waals surface area contributed by atoms with Crippen LogP contribution in [0.4, 0.5) is 10.8 Å². The van der Waals surface area contributed by atoms with E-state index in [0.29, 0.717) is 27.7 Å². The number of fused-ring (bicyclic) bond motifs is 1. The van der Waals surface area contributed by atoms with Gasteiger partial charge in [-0.25, -0.2) is 4.98 Å². The van der Waals surface area contributed by atoms with E-state index < -0.39 is 4.92 Å². The van der Waals surface area contributed by atoms with Crippen LogP contribution in [-0.4, -0.2) is 22.9 Å². The molecule has 2 aromatic heterocycles. The zero-order chi connectivity index (χ0) is 22.7. The molecule has 0 saturated carbocycles. The van der Waals surface area contributed by atoms with Crippen LogP contribution in [0.5, 0.6) is 5.75 Å². The van der Waals surface area contributed by atoms with Crippen molar-refractivity contribution in [2.24, 2.45) is 0 Å². The van der Waals surface area contributed by atoms with Crippen LogP contribution in [0, 0.1) is 17.0 Å². The van der Waals surface area contributed by atoms with Gasteiger partial charge in [0.15, 0.2) is 5.13 Å². The zero-order valence-electron chi connectivity index (χ0n) is 17.3. The SMILES string of the molecule is COc1ccc(C)c2sc(N(Cc3ccco3)C(=O)/C=C/c3cccc([N+](=O)[O-])c3)nc12. The average molecular weight is 449 g/mol. The number of amides is 1. The number of furan rings is 1.